The quantitative estimate of drug-likeness (QED) is 0.776. The Hall–Kier alpha value is -2.56. The summed E-state index contributed by atoms with van der Waals surface area (Å²) >= 11 is 0. The third-order valence-corrected chi connectivity index (χ3v) is 2.83. The van der Waals surface area contributed by atoms with Gasteiger partial charge < -0.3 is 9.84 Å². The van der Waals surface area contributed by atoms with Crippen molar-refractivity contribution in [2.45, 2.75) is 6.54 Å². The van der Waals surface area contributed by atoms with E-state index in [9.17, 15) is 5.11 Å². The van der Waals surface area contributed by atoms with Crippen molar-refractivity contribution < 1.29 is 9.84 Å². The molecule has 3 rings (SSSR count). The van der Waals surface area contributed by atoms with Crippen molar-refractivity contribution in [3.63, 3.8) is 0 Å². The molecule has 0 atom stereocenters. The summed E-state index contributed by atoms with van der Waals surface area (Å²) < 4.78 is 7.40. The number of para-hydroxylation sites is 1. The number of ether oxygens (including phenoxy) is 1. The standard InChI is InChI=1S/C14H13N3O2/c18-11-5-7-12(8-6-11)19-10-9-17-14-4-2-1-3-13(14)15-16-17/h1-8,18H,9-10H2. The zero-order valence-electron chi connectivity index (χ0n) is 10.2. The maximum atomic E-state index is 9.17. The summed E-state index contributed by atoms with van der Waals surface area (Å²) in [4.78, 5) is 0. The topological polar surface area (TPSA) is 60.2 Å². The van der Waals surface area contributed by atoms with E-state index in [1.54, 1.807) is 24.3 Å². The first-order chi connectivity index (χ1) is 9.33. The highest BCUT2D eigenvalue weighted by atomic mass is 16.5. The molecule has 0 saturated carbocycles. The van der Waals surface area contributed by atoms with Crippen molar-refractivity contribution in [3.8, 4) is 11.5 Å². The summed E-state index contributed by atoms with van der Waals surface area (Å²) in [5, 5.41) is 17.3. The Labute approximate surface area is 110 Å². The number of phenols is 1. The molecule has 0 bridgehead atoms. The molecule has 5 heteroatoms. The summed E-state index contributed by atoms with van der Waals surface area (Å²) in [5.74, 6) is 0.955. The van der Waals surface area contributed by atoms with Crippen LogP contribution in [0.2, 0.25) is 0 Å². The summed E-state index contributed by atoms with van der Waals surface area (Å²) in [7, 11) is 0. The van der Waals surface area contributed by atoms with Crippen LogP contribution < -0.4 is 4.74 Å². The summed E-state index contributed by atoms with van der Waals surface area (Å²) in [6.07, 6.45) is 0. The molecule has 1 heterocycles. The van der Waals surface area contributed by atoms with E-state index in [0.717, 1.165) is 16.8 Å². The minimum atomic E-state index is 0.231. The Morgan fingerprint density at radius 2 is 1.84 bits per heavy atom. The molecule has 0 unspecified atom stereocenters. The average Bonchev–Trinajstić information content (AvgIpc) is 2.85. The Bertz CT molecular complexity index is 676. The second-order valence-electron chi connectivity index (χ2n) is 4.14. The van der Waals surface area contributed by atoms with Gasteiger partial charge in [0.15, 0.2) is 0 Å². The first-order valence-electron chi connectivity index (χ1n) is 6.03. The van der Waals surface area contributed by atoms with E-state index in [2.05, 4.69) is 10.3 Å². The van der Waals surface area contributed by atoms with Crippen LogP contribution in [-0.4, -0.2) is 26.7 Å². The zero-order chi connectivity index (χ0) is 13.1. The van der Waals surface area contributed by atoms with Crippen LogP contribution in [0, 0.1) is 0 Å². The molecule has 0 radical (unpaired) electrons. The van der Waals surface area contributed by atoms with Crippen LogP contribution >= 0.6 is 0 Å². The van der Waals surface area contributed by atoms with Gasteiger partial charge in [-0.15, -0.1) is 5.10 Å². The molecule has 0 amide bonds. The average molecular weight is 255 g/mol. The second-order valence-corrected chi connectivity index (χ2v) is 4.14. The van der Waals surface area contributed by atoms with Crippen LogP contribution in [-0.2, 0) is 6.54 Å². The number of phenolic OH excluding ortho intramolecular Hbond substituents is 1. The normalized spacial score (nSPS) is 10.7. The molecule has 0 aliphatic heterocycles. The number of fused-ring (bicyclic) bond motifs is 1. The number of aromatic hydroxyl groups is 1. The first-order valence-corrected chi connectivity index (χ1v) is 6.03. The number of benzene rings is 2. The molecule has 1 aromatic heterocycles. The second kappa shape index (κ2) is 4.97. The highest BCUT2D eigenvalue weighted by Gasteiger charge is 2.03. The van der Waals surface area contributed by atoms with E-state index in [4.69, 9.17) is 4.74 Å². The van der Waals surface area contributed by atoms with E-state index < -0.39 is 0 Å². The lowest BCUT2D eigenvalue weighted by Crippen LogP contribution is -2.09. The summed E-state index contributed by atoms with van der Waals surface area (Å²) in [6.45, 7) is 1.12. The van der Waals surface area contributed by atoms with Gasteiger partial charge in [0.25, 0.3) is 0 Å². The van der Waals surface area contributed by atoms with Gasteiger partial charge >= 0.3 is 0 Å². The van der Waals surface area contributed by atoms with Crippen LogP contribution in [0.1, 0.15) is 0 Å². The lowest BCUT2D eigenvalue weighted by atomic mass is 10.3. The van der Waals surface area contributed by atoms with Gasteiger partial charge in [-0.25, -0.2) is 4.68 Å². The fourth-order valence-electron chi connectivity index (χ4n) is 1.87. The van der Waals surface area contributed by atoms with Crippen molar-refractivity contribution in [2.75, 3.05) is 6.61 Å². The molecule has 96 valence electrons. The van der Waals surface area contributed by atoms with Crippen LogP contribution in [0.4, 0.5) is 0 Å². The first kappa shape index (κ1) is 11.5. The van der Waals surface area contributed by atoms with Crippen molar-refractivity contribution >= 4 is 11.0 Å². The number of rotatable bonds is 4. The molecule has 3 aromatic rings. The monoisotopic (exact) mass is 255 g/mol. The third-order valence-electron chi connectivity index (χ3n) is 2.83. The minimum Gasteiger partial charge on any atom is -0.508 e. The fourth-order valence-corrected chi connectivity index (χ4v) is 1.87. The van der Waals surface area contributed by atoms with E-state index in [1.807, 2.05) is 28.9 Å². The zero-order valence-corrected chi connectivity index (χ0v) is 10.2. The molecular formula is C14H13N3O2. The van der Waals surface area contributed by atoms with E-state index in [0.29, 0.717) is 13.2 Å². The molecule has 0 aliphatic rings. The molecule has 0 aliphatic carbocycles. The van der Waals surface area contributed by atoms with Crippen molar-refractivity contribution in [1.29, 1.82) is 0 Å². The largest absolute Gasteiger partial charge is 0.508 e. The Morgan fingerprint density at radius 1 is 1.05 bits per heavy atom. The van der Waals surface area contributed by atoms with Gasteiger partial charge in [0.2, 0.25) is 0 Å². The van der Waals surface area contributed by atoms with Gasteiger partial charge in [-0.1, -0.05) is 17.3 Å². The van der Waals surface area contributed by atoms with E-state index >= 15 is 0 Å². The lowest BCUT2D eigenvalue weighted by molar-refractivity contribution is 0.291. The maximum Gasteiger partial charge on any atom is 0.119 e. The Balaban J connectivity index is 1.65. The SMILES string of the molecule is Oc1ccc(OCCn2nnc3ccccc32)cc1. The summed E-state index contributed by atoms with van der Waals surface area (Å²) in [6, 6.07) is 14.5. The molecule has 0 spiro atoms. The Morgan fingerprint density at radius 3 is 2.68 bits per heavy atom. The highest BCUT2D eigenvalue weighted by Crippen LogP contribution is 2.16. The Kier molecular flexibility index (Phi) is 3.02. The molecule has 1 N–H and O–H groups in total. The number of aromatic nitrogens is 3. The highest BCUT2D eigenvalue weighted by molar-refractivity contribution is 5.73. The van der Waals surface area contributed by atoms with E-state index in [-0.39, 0.29) is 5.75 Å². The van der Waals surface area contributed by atoms with Gasteiger partial charge in [-0.2, -0.15) is 0 Å². The predicted octanol–water partition coefficient (Wildman–Crippen LogP) is 2.22. The number of nitrogens with zero attached hydrogens (tertiary/aromatic N) is 3. The smallest absolute Gasteiger partial charge is 0.119 e. The number of hydrogen-bond acceptors (Lipinski definition) is 4. The third kappa shape index (κ3) is 2.49. The van der Waals surface area contributed by atoms with E-state index in [1.165, 1.54) is 0 Å². The predicted molar refractivity (Wildman–Crippen MR) is 71.1 cm³/mol. The molecule has 5 nitrogen and oxygen atoms in total. The van der Waals surface area contributed by atoms with Crippen molar-refractivity contribution in [1.82, 2.24) is 15.0 Å². The molecule has 0 fully saturated rings. The summed E-state index contributed by atoms with van der Waals surface area (Å²) in [5.41, 5.74) is 1.88. The molecule has 0 saturated heterocycles. The molecule has 2 aromatic carbocycles. The van der Waals surface area contributed by atoms with Crippen LogP contribution in [0.25, 0.3) is 11.0 Å². The number of hydrogen-bond donors (Lipinski definition) is 1. The van der Waals surface area contributed by atoms with Crippen LogP contribution in [0.3, 0.4) is 0 Å². The van der Waals surface area contributed by atoms with Crippen LogP contribution in [0.15, 0.2) is 48.5 Å². The minimum absolute atomic E-state index is 0.231. The maximum absolute atomic E-state index is 9.17. The van der Waals surface area contributed by atoms with Crippen LogP contribution in [0.5, 0.6) is 11.5 Å². The fraction of sp³-hybridized carbons (Fsp3) is 0.143. The van der Waals surface area contributed by atoms with Gasteiger partial charge in [0.1, 0.15) is 23.6 Å². The van der Waals surface area contributed by atoms with Gasteiger partial charge in [-0.05, 0) is 36.4 Å². The van der Waals surface area contributed by atoms with Gasteiger partial charge in [0.05, 0.1) is 12.1 Å². The van der Waals surface area contributed by atoms with Gasteiger partial charge in [0, 0.05) is 0 Å². The van der Waals surface area contributed by atoms with Crippen molar-refractivity contribution in [2.24, 2.45) is 0 Å². The molecular weight excluding hydrogens is 242 g/mol. The van der Waals surface area contributed by atoms with Crippen molar-refractivity contribution in [3.05, 3.63) is 48.5 Å². The lowest BCUT2D eigenvalue weighted by Gasteiger charge is -2.06. The van der Waals surface area contributed by atoms with Gasteiger partial charge in [-0.3, -0.25) is 0 Å². The molecule has 19 heavy (non-hydrogen) atoms.